The lowest BCUT2D eigenvalue weighted by Gasteiger charge is -2.12. The van der Waals surface area contributed by atoms with Gasteiger partial charge < -0.3 is 5.11 Å². The molecule has 5 aromatic rings. The Kier molecular flexibility index (Phi) is 3.98. The number of hydrogen-bond donors (Lipinski definition) is 1. The van der Waals surface area contributed by atoms with E-state index in [1.54, 1.807) is 12.1 Å². The number of para-hydroxylation sites is 1. The lowest BCUT2D eigenvalue weighted by molar-refractivity contribution is 0.476. The third-order valence-electron chi connectivity index (χ3n) is 4.68. The van der Waals surface area contributed by atoms with Gasteiger partial charge in [0.1, 0.15) is 5.75 Å². The Labute approximate surface area is 157 Å². The molecule has 0 unspecified atom stereocenters. The Bertz CT molecular complexity index is 1250. The summed E-state index contributed by atoms with van der Waals surface area (Å²) in [5.41, 5.74) is 4.32. The molecule has 2 nitrogen and oxygen atoms in total. The van der Waals surface area contributed by atoms with E-state index in [0.29, 0.717) is 0 Å². The molecule has 26 heavy (non-hydrogen) atoms. The third kappa shape index (κ3) is 2.56. The second-order valence-corrected chi connectivity index (χ2v) is 6.27. The van der Waals surface area contributed by atoms with Crippen molar-refractivity contribution in [1.82, 2.24) is 4.98 Å². The maximum absolute atomic E-state index is 9.84. The third-order valence-corrected chi connectivity index (χ3v) is 4.68. The van der Waals surface area contributed by atoms with Gasteiger partial charge in [-0.15, -0.1) is 12.4 Å². The van der Waals surface area contributed by atoms with E-state index in [2.05, 4.69) is 54.6 Å². The van der Waals surface area contributed by atoms with E-state index in [0.717, 1.165) is 32.6 Å². The van der Waals surface area contributed by atoms with Crippen LogP contribution in [0.15, 0.2) is 84.9 Å². The number of benzene rings is 4. The zero-order valence-electron chi connectivity index (χ0n) is 13.9. The molecule has 0 aliphatic carbocycles. The first-order valence-electron chi connectivity index (χ1n) is 8.30. The highest BCUT2D eigenvalue weighted by atomic mass is 35.5. The van der Waals surface area contributed by atoms with E-state index in [9.17, 15) is 5.11 Å². The summed E-state index contributed by atoms with van der Waals surface area (Å²) >= 11 is 0. The summed E-state index contributed by atoms with van der Waals surface area (Å²) in [6.45, 7) is 0. The van der Waals surface area contributed by atoms with Gasteiger partial charge in [0.15, 0.2) is 0 Å². The van der Waals surface area contributed by atoms with Gasteiger partial charge in [0.25, 0.3) is 0 Å². The van der Waals surface area contributed by atoms with Gasteiger partial charge in [-0.05, 0) is 46.7 Å². The molecular weight excluding hydrogens is 342 g/mol. The van der Waals surface area contributed by atoms with Gasteiger partial charge in [0.2, 0.25) is 0 Å². The number of aromatic nitrogens is 1. The van der Waals surface area contributed by atoms with Crippen LogP contribution >= 0.6 is 12.4 Å². The van der Waals surface area contributed by atoms with Crippen molar-refractivity contribution in [2.45, 2.75) is 0 Å². The molecule has 1 N–H and O–H groups in total. The first-order chi connectivity index (χ1) is 12.3. The summed E-state index contributed by atoms with van der Waals surface area (Å²) in [6.07, 6.45) is 0. The summed E-state index contributed by atoms with van der Waals surface area (Å²) < 4.78 is 0. The minimum atomic E-state index is 0. The highest BCUT2D eigenvalue weighted by Gasteiger charge is 2.12. The fourth-order valence-electron chi connectivity index (χ4n) is 3.54. The van der Waals surface area contributed by atoms with Gasteiger partial charge in [0.05, 0.1) is 11.0 Å². The Balaban J connectivity index is 0.00000168. The highest BCUT2D eigenvalue weighted by molar-refractivity contribution is 6.12. The van der Waals surface area contributed by atoms with Crippen molar-refractivity contribution in [2.24, 2.45) is 0 Å². The van der Waals surface area contributed by atoms with Gasteiger partial charge in [-0.3, -0.25) is 0 Å². The standard InChI is InChI=1S/C23H15NO.ClH/c25-18-11-10-16-14-22-20(13-17(16)12-18)23(15-6-2-1-3-7-15)19-8-4-5-9-21(19)24-22;/h1-14,25H;1H. The van der Waals surface area contributed by atoms with Crippen molar-refractivity contribution in [3.63, 3.8) is 0 Å². The summed E-state index contributed by atoms with van der Waals surface area (Å²) in [7, 11) is 0. The Morgan fingerprint density at radius 1 is 0.615 bits per heavy atom. The number of phenolic OH excluding ortho intramolecular Hbond substituents is 1. The quantitative estimate of drug-likeness (QED) is 0.355. The van der Waals surface area contributed by atoms with Gasteiger partial charge in [0, 0.05) is 16.3 Å². The second-order valence-electron chi connectivity index (χ2n) is 6.27. The van der Waals surface area contributed by atoms with Crippen molar-refractivity contribution in [3.05, 3.63) is 84.9 Å². The number of pyridine rings is 1. The maximum atomic E-state index is 9.84. The fraction of sp³-hybridized carbons (Fsp3) is 0. The van der Waals surface area contributed by atoms with Crippen molar-refractivity contribution in [2.75, 3.05) is 0 Å². The fourth-order valence-corrected chi connectivity index (χ4v) is 3.54. The van der Waals surface area contributed by atoms with Crippen LogP contribution in [0.25, 0.3) is 43.7 Å². The number of aromatic hydroxyl groups is 1. The molecule has 0 saturated carbocycles. The average Bonchev–Trinajstić information content (AvgIpc) is 2.65. The van der Waals surface area contributed by atoms with Crippen LogP contribution in [0, 0.1) is 0 Å². The van der Waals surface area contributed by atoms with E-state index < -0.39 is 0 Å². The minimum absolute atomic E-state index is 0. The van der Waals surface area contributed by atoms with E-state index in [-0.39, 0.29) is 18.2 Å². The Hall–Kier alpha value is -3.10. The van der Waals surface area contributed by atoms with Crippen LogP contribution in [0.4, 0.5) is 0 Å². The van der Waals surface area contributed by atoms with Crippen LogP contribution in [0.1, 0.15) is 0 Å². The first kappa shape index (κ1) is 16.4. The molecule has 0 amide bonds. The molecule has 1 aromatic heterocycles. The molecule has 126 valence electrons. The molecule has 0 atom stereocenters. The number of halogens is 1. The number of nitrogens with zero attached hydrogens (tertiary/aromatic N) is 1. The van der Waals surface area contributed by atoms with Crippen LogP contribution in [-0.2, 0) is 0 Å². The molecule has 0 bridgehead atoms. The summed E-state index contributed by atoms with van der Waals surface area (Å²) in [4.78, 5) is 4.87. The Morgan fingerprint density at radius 2 is 1.38 bits per heavy atom. The molecule has 0 radical (unpaired) electrons. The Morgan fingerprint density at radius 3 is 2.23 bits per heavy atom. The average molecular weight is 358 g/mol. The van der Waals surface area contributed by atoms with Crippen LogP contribution in [0.2, 0.25) is 0 Å². The van der Waals surface area contributed by atoms with E-state index in [4.69, 9.17) is 4.98 Å². The SMILES string of the molecule is Cl.Oc1ccc2cc3nc4ccccc4c(-c4ccccc4)c3cc2c1. The van der Waals surface area contributed by atoms with Gasteiger partial charge in [-0.1, -0.05) is 54.6 Å². The summed E-state index contributed by atoms with van der Waals surface area (Å²) in [6, 6.07) is 28.4. The highest BCUT2D eigenvalue weighted by Crippen LogP contribution is 2.36. The molecule has 3 heteroatoms. The normalized spacial score (nSPS) is 10.9. The predicted octanol–water partition coefficient (Wildman–Crippen LogP) is 6.34. The van der Waals surface area contributed by atoms with Crippen molar-refractivity contribution in [3.8, 4) is 16.9 Å². The van der Waals surface area contributed by atoms with Gasteiger partial charge in [-0.2, -0.15) is 0 Å². The van der Waals surface area contributed by atoms with Gasteiger partial charge >= 0.3 is 0 Å². The van der Waals surface area contributed by atoms with E-state index in [1.807, 2.05) is 18.2 Å². The predicted molar refractivity (Wildman–Crippen MR) is 111 cm³/mol. The number of fused-ring (bicyclic) bond motifs is 3. The van der Waals surface area contributed by atoms with E-state index >= 15 is 0 Å². The van der Waals surface area contributed by atoms with Gasteiger partial charge in [-0.25, -0.2) is 4.98 Å². The molecular formula is C23H16ClNO. The molecule has 5 rings (SSSR count). The number of phenols is 1. The topological polar surface area (TPSA) is 33.1 Å². The number of hydrogen-bond acceptors (Lipinski definition) is 2. The van der Waals surface area contributed by atoms with Crippen LogP contribution < -0.4 is 0 Å². The molecule has 0 aliphatic heterocycles. The smallest absolute Gasteiger partial charge is 0.116 e. The van der Waals surface area contributed by atoms with Crippen molar-refractivity contribution >= 4 is 45.0 Å². The van der Waals surface area contributed by atoms with Crippen molar-refractivity contribution < 1.29 is 5.11 Å². The maximum Gasteiger partial charge on any atom is 0.116 e. The monoisotopic (exact) mass is 357 g/mol. The molecule has 0 fully saturated rings. The van der Waals surface area contributed by atoms with Crippen LogP contribution in [0.5, 0.6) is 5.75 Å². The first-order valence-corrected chi connectivity index (χ1v) is 8.30. The number of rotatable bonds is 1. The van der Waals surface area contributed by atoms with Crippen LogP contribution in [-0.4, -0.2) is 10.1 Å². The molecule has 0 spiro atoms. The van der Waals surface area contributed by atoms with E-state index in [1.165, 1.54) is 11.1 Å². The lowest BCUT2D eigenvalue weighted by Crippen LogP contribution is -1.89. The second kappa shape index (κ2) is 6.32. The largest absolute Gasteiger partial charge is 0.508 e. The summed E-state index contributed by atoms with van der Waals surface area (Å²) in [5, 5.41) is 14.2. The molecule has 4 aromatic carbocycles. The molecule has 0 saturated heterocycles. The zero-order chi connectivity index (χ0) is 16.8. The van der Waals surface area contributed by atoms with Crippen LogP contribution in [0.3, 0.4) is 0 Å². The molecule has 0 aliphatic rings. The van der Waals surface area contributed by atoms with Crippen molar-refractivity contribution in [1.29, 1.82) is 0 Å². The minimum Gasteiger partial charge on any atom is -0.508 e. The molecule has 1 heterocycles. The lowest BCUT2D eigenvalue weighted by atomic mass is 9.94. The zero-order valence-corrected chi connectivity index (χ0v) is 14.7. The summed E-state index contributed by atoms with van der Waals surface area (Å²) in [5.74, 6) is 0.279.